The van der Waals surface area contributed by atoms with Crippen LogP contribution in [0.5, 0.6) is 5.75 Å². The van der Waals surface area contributed by atoms with Crippen molar-refractivity contribution in [3.63, 3.8) is 0 Å². The van der Waals surface area contributed by atoms with Crippen LogP contribution in [0.25, 0.3) is 0 Å². The standard InChI is InChI=1S/C16H14Br2O2/c1-10-7-12(17)3-5-14(10)15(19)9-11-8-13(18)4-6-16(11)20-2/h3-8H,9H2,1-2H3. The van der Waals surface area contributed by atoms with Crippen molar-refractivity contribution in [1.29, 1.82) is 0 Å². The van der Waals surface area contributed by atoms with Crippen LogP contribution in [0.3, 0.4) is 0 Å². The fraction of sp³-hybridized carbons (Fsp3) is 0.188. The summed E-state index contributed by atoms with van der Waals surface area (Å²) in [7, 11) is 1.61. The molecule has 2 rings (SSSR count). The lowest BCUT2D eigenvalue weighted by Gasteiger charge is -2.10. The van der Waals surface area contributed by atoms with Crippen molar-refractivity contribution in [2.45, 2.75) is 13.3 Å². The summed E-state index contributed by atoms with van der Waals surface area (Å²) in [4.78, 5) is 12.4. The van der Waals surface area contributed by atoms with Crippen molar-refractivity contribution in [1.82, 2.24) is 0 Å². The fourth-order valence-electron chi connectivity index (χ4n) is 2.09. The Morgan fingerprint density at radius 3 is 2.40 bits per heavy atom. The van der Waals surface area contributed by atoms with Crippen LogP contribution in [-0.2, 0) is 6.42 Å². The van der Waals surface area contributed by atoms with Gasteiger partial charge in [-0.2, -0.15) is 0 Å². The lowest BCUT2D eigenvalue weighted by Crippen LogP contribution is -2.07. The first-order chi connectivity index (χ1) is 9.51. The van der Waals surface area contributed by atoms with E-state index in [-0.39, 0.29) is 5.78 Å². The summed E-state index contributed by atoms with van der Waals surface area (Å²) in [6.07, 6.45) is 0.324. The molecule has 2 nitrogen and oxygen atoms in total. The molecule has 0 fully saturated rings. The molecule has 0 aliphatic rings. The maximum absolute atomic E-state index is 12.4. The topological polar surface area (TPSA) is 26.3 Å². The molecule has 0 aliphatic heterocycles. The second-order valence-electron chi connectivity index (χ2n) is 4.52. The lowest BCUT2D eigenvalue weighted by atomic mass is 9.99. The van der Waals surface area contributed by atoms with Crippen LogP contribution in [0.4, 0.5) is 0 Å². The number of hydrogen-bond donors (Lipinski definition) is 0. The van der Waals surface area contributed by atoms with Crippen LogP contribution in [0.1, 0.15) is 21.5 Å². The first-order valence-electron chi connectivity index (χ1n) is 6.13. The van der Waals surface area contributed by atoms with Gasteiger partial charge < -0.3 is 4.74 Å². The summed E-state index contributed by atoms with van der Waals surface area (Å²) in [6.45, 7) is 1.94. The number of benzene rings is 2. The average Bonchev–Trinajstić information content (AvgIpc) is 2.38. The molecule has 0 bridgehead atoms. The van der Waals surface area contributed by atoms with Gasteiger partial charge in [-0.05, 0) is 42.8 Å². The number of aryl methyl sites for hydroxylation is 1. The average molecular weight is 398 g/mol. The van der Waals surface area contributed by atoms with E-state index in [0.29, 0.717) is 6.42 Å². The van der Waals surface area contributed by atoms with Crippen LogP contribution >= 0.6 is 31.9 Å². The Labute approximate surface area is 135 Å². The third-order valence-electron chi connectivity index (χ3n) is 3.08. The molecule has 0 atom stereocenters. The number of Topliss-reactive ketones (excluding diaryl/α,β-unsaturated/α-hetero) is 1. The van der Waals surface area contributed by atoms with Crippen molar-refractivity contribution in [2.75, 3.05) is 7.11 Å². The van der Waals surface area contributed by atoms with E-state index < -0.39 is 0 Å². The monoisotopic (exact) mass is 396 g/mol. The van der Waals surface area contributed by atoms with E-state index >= 15 is 0 Å². The number of carbonyl (C=O) groups excluding carboxylic acids is 1. The highest BCUT2D eigenvalue weighted by molar-refractivity contribution is 9.10. The van der Waals surface area contributed by atoms with Crippen LogP contribution in [-0.4, -0.2) is 12.9 Å². The molecule has 2 aromatic carbocycles. The van der Waals surface area contributed by atoms with Crippen LogP contribution in [0.15, 0.2) is 45.3 Å². The summed E-state index contributed by atoms with van der Waals surface area (Å²) in [6, 6.07) is 11.4. The Hall–Kier alpha value is -1.13. The largest absolute Gasteiger partial charge is 0.496 e. The second-order valence-corrected chi connectivity index (χ2v) is 6.35. The van der Waals surface area contributed by atoms with E-state index in [9.17, 15) is 4.79 Å². The Balaban J connectivity index is 2.30. The number of carbonyl (C=O) groups is 1. The van der Waals surface area contributed by atoms with Crippen molar-refractivity contribution < 1.29 is 9.53 Å². The first kappa shape index (κ1) is 15.3. The quantitative estimate of drug-likeness (QED) is 0.682. The summed E-state index contributed by atoms with van der Waals surface area (Å²) < 4.78 is 7.22. The summed E-state index contributed by atoms with van der Waals surface area (Å²) in [5.41, 5.74) is 2.60. The van der Waals surface area contributed by atoms with Gasteiger partial charge in [0.05, 0.1) is 7.11 Å². The molecule has 0 aromatic heterocycles. The van der Waals surface area contributed by atoms with Gasteiger partial charge in [-0.3, -0.25) is 4.79 Å². The highest BCUT2D eigenvalue weighted by atomic mass is 79.9. The molecule has 20 heavy (non-hydrogen) atoms. The number of methoxy groups -OCH3 is 1. The van der Waals surface area contributed by atoms with Gasteiger partial charge in [-0.1, -0.05) is 37.9 Å². The normalized spacial score (nSPS) is 10.4. The molecule has 0 unspecified atom stereocenters. The molecule has 104 valence electrons. The molecule has 0 aliphatic carbocycles. The van der Waals surface area contributed by atoms with Gasteiger partial charge in [0.15, 0.2) is 5.78 Å². The van der Waals surface area contributed by atoms with Gasteiger partial charge in [-0.25, -0.2) is 0 Å². The van der Waals surface area contributed by atoms with Gasteiger partial charge in [0.2, 0.25) is 0 Å². The highest BCUT2D eigenvalue weighted by Gasteiger charge is 2.13. The van der Waals surface area contributed by atoms with E-state index in [0.717, 1.165) is 31.4 Å². The fourth-order valence-corrected chi connectivity index (χ4v) is 2.98. The molecule has 0 spiro atoms. The predicted octanol–water partition coefficient (Wildman–Crippen LogP) is 4.95. The van der Waals surface area contributed by atoms with Gasteiger partial charge in [0.1, 0.15) is 5.75 Å². The molecular formula is C16H14Br2O2. The minimum absolute atomic E-state index is 0.0893. The number of ketones is 1. The molecule has 4 heteroatoms. The number of rotatable bonds is 4. The minimum Gasteiger partial charge on any atom is -0.496 e. The minimum atomic E-state index is 0.0893. The summed E-state index contributed by atoms with van der Waals surface area (Å²) in [5, 5.41) is 0. The maximum atomic E-state index is 12.4. The van der Waals surface area contributed by atoms with Crippen molar-refractivity contribution in [2.24, 2.45) is 0 Å². The lowest BCUT2D eigenvalue weighted by molar-refractivity contribution is 0.0991. The molecule has 0 heterocycles. The Kier molecular flexibility index (Phi) is 5.00. The highest BCUT2D eigenvalue weighted by Crippen LogP contribution is 2.25. The van der Waals surface area contributed by atoms with Crippen molar-refractivity contribution in [3.8, 4) is 5.75 Å². The maximum Gasteiger partial charge on any atom is 0.167 e. The third-order valence-corrected chi connectivity index (χ3v) is 4.07. The zero-order valence-corrected chi connectivity index (χ0v) is 14.4. The Bertz CT molecular complexity index is 651. The SMILES string of the molecule is COc1ccc(Br)cc1CC(=O)c1ccc(Br)cc1C. The van der Waals surface area contributed by atoms with E-state index in [4.69, 9.17) is 4.74 Å². The summed E-state index contributed by atoms with van der Waals surface area (Å²) in [5.74, 6) is 0.822. The van der Waals surface area contributed by atoms with E-state index in [2.05, 4.69) is 31.9 Å². The number of hydrogen-bond acceptors (Lipinski definition) is 2. The van der Waals surface area contributed by atoms with Crippen molar-refractivity contribution in [3.05, 3.63) is 62.0 Å². The van der Waals surface area contributed by atoms with Crippen LogP contribution < -0.4 is 4.74 Å². The zero-order chi connectivity index (χ0) is 14.7. The van der Waals surface area contributed by atoms with Crippen LogP contribution in [0, 0.1) is 6.92 Å². The van der Waals surface area contributed by atoms with E-state index in [1.165, 1.54) is 0 Å². The van der Waals surface area contributed by atoms with Gasteiger partial charge in [0, 0.05) is 26.5 Å². The van der Waals surface area contributed by atoms with E-state index in [1.807, 2.05) is 43.3 Å². The molecule has 0 amide bonds. The Morgan fingerprint density at radius 2 is 1.75 bits per heavy atom. The zero-order valence-electron chi connectivity index (χ0n) is 11.2. The van der Waals surface area contributed by atoms with E-state index in [1.54, 1.807) is 7.11 Å². The summed E-state index contributed by atoms with van der Waals surface area (Å²) >= 11 is 6.83. The Morgan fingerprint density at radius 1 is 1.10 bits per heavy atom. The molecular weight excluding hydrogens is 384 g/mol. The number of halogens is 2. The van der Waals surface area contributed by atoms with Gasteiger partial charge in [-0.15, -0.1) is 0 Å². The molecule has 0 radical (unpaired) electrons. The van der Waals surface area contributed by atoms with Crippen LogP contribution in [0.2, 0.25) is 0 Å². The van der Waals surface area contributed by atoms with Gasteiger partial charge >= 0.3 is 0 Å². The number of ether oxygens (including phenoxy) is 1. The predicted molar refractivity (Wildman–Crippen MR) is 87.6 cm³/mol. The van der Waals surface area contributed by atoms with Gasteiger partial charge in [0.25, 0.3) is 0 Å². The molecule has 2 aromatic rings. The molecule has 0 saturated carbocycles. The molecule has 0 saturated heterocycles. The smallest absolute Gasteiger partial charge is 0.167 e. The molecule has 0 N–H and O–H groups in total. The third kappa shape index (κ3) is 3.49. The second kappa shape index (κ2) is 6.55. The first-order valence-corrected chi connectivity index (χ1v) is 7.71. The van der Waals surface area contributed by atoms with Crippen molar-refractivity contribution >= 4 is 37.6 Å².